The highest BCUT2D eigenvalue weighted by Crippen LogP contribution is 2.27. The van der Waals surface area contributed by atoms with Crippen LogP contribution in [-0.2, 0) is 21.8 Å². The Bertz CT molecular complexity index is 1230. The van der Waals surface area contributed by atoms with E-state index in [9.17, 15) is 13.2 Å². The Labute approximate surface area is 183 Å². The Kier molecular flexibility index (Phi) is 6.36. The highest BCUT2D eigenvalue weighted by atomic mass is 35.5. The number of hydrogen-bond donors (Lipinski definition) is 2. The van der Waals surface area contributed by atoms with Gasteiger partial charge in [0.2, 0.25) is 10.0 Å². The van der Waals surface area contributed by atoms with E-state index in [-0.39, 0.29) is 16.7 Å². The van der Waals surface area contributed by atoms with E-state index in [0.29, 0.717) is 22.8 Å². The fourth-order valence-electron chi connectivity index (χ4n) is 2.62. The standard InChI is InChI=1S/C17H19ClN8O4S/c1-9-11(24-31(4,28)29)5-6-12(21-9)14-16(26(3)25-23-14)22-17(27)30-10(2)13-15(18)20-8-7-19-13/h5-8,10,24H,1-4H3,(H,22,27). The van der Waals surface area contributed by atoms with Crippen molar-refractivity contribution in [2.45, 2.75) is 20.0 Å². The van der Waals surface area contributed by atoms with Gasteiger partial charge in [-0.05, 0) is 26.0 Å². The van der Waals surface area contributed by atoms with Crippen LogP contribution >= 0.6 is 11.6 Å². The van der Waals surface area contributed by atoms with Gasteiger partial charge >= 0.3 is 6.09 Å². The van der Waals surface area contributed by atoms with Crippen LogP contribution in [0.25, 0.3) is 11.4 Å². The number of amides is 1. The number of aryl methyl sites for hydroxylation is 2. The first-order valence-corrected chi connectivity index (χ1v) is 11.1. The SMILES string of the molecule is Cc1nc(-c2nnn(C)c2NC(=O)OC(C)c2nccnc2Cl)ccc1NS(C)(=O)=O. The van der Waals surface area contributed by atoms with Crippen molar-refractivity contribution in [3.63, 3.8) is 0 Å². The lowest BCUT2D eigenvalue weighted by Crippen LogP contribution is -2.19. The zero-order valence-corrected chi connectivity index (χ0v) is 18.6. The van der Waals surface area contributed by atoms with E-state index in [1.165, 1.54) is 17.1 Å². The number of ether oxygens (including phenoxy) is 1. The molecule has 2 N–H and O–H groups in total. The molecule has 3 heterocycles. The Morgan fingerprint density at radius 1 is 1.26 bits per heavy atom. The Morgan fingerprint density at radius 2 is 1.97 bits per heavy atom. The summed E-state index contributed by atoms with van der Waals surface area (Å²) in [5, 5.41) is 10.7. The summed E-state index contributed by atoms with van der Waals surface area (Å²) < 4.78 is 32.0. The maximum absolute atomic E-state index is 12.4. The molecule has 0 spiro atoms. The minimum Gasteiger partial charge on any atom is -0.440 e. The summed E-state index contributed by atoms with van der Waals surface area (Å²) >= 11 is 5.98. The predicted octanol–water partition coefficient (Wildman–Crippen LogP) is 2.31. The number of halogens is 1. The first-order chi connectivity index (χ1) is 14.5. The summed E-state index contributed by atoms with van der Waals surface area (Å²) in [6.07, 6.45) is 2.38. The molecule has 0 aromatic carbocycles. The maximum Gasteiger partial charge on any atom is 0.413 e. The molecule has 0 aliphatic rings. The van der Waals surface area contributed by atoms with Crippen LogP contribution < -0.4 is 10.0 Å². The number of sulfonamides is 1. The van der Waals surface area contributed by atoms with Crippen LogP contribution in [0.3, 0.4) is 0 Å². The average molecular weight is 467 g/mol. The lowest BCUT2D eigenvalue weighted by Gasteiger charge is -2.14. The molecule has 0 aliphatic heterocycles. The second-order valence-electron chi connectivity index (χ2n) is 6.52. The van der Waals surface area contributed by atoms with Crippen LogP contribution in [0, 0.1) is 6.92 Å². The molecule has 31 heavy (non-hydrogen) atoms. The van der Waals surface area contributed by atoms with Crippen molar-refractivity contribution < 1.29 is 17.9 Å². The number of anilines is 2. The van der Waals surface area contributed by atoms with E-state index in [1.807, 2.05) is 0 Å². The lowest BCUT2D eigenvalue weighted by molar-refractivity contribution is 0.118. The van der Waals surface area contributed by atoms with E-state index in [1.54, 1.807) is 33.0 Å². The van der Waals surface area contributed by atoms with Crippen molar-refractivity contribution in [3.8, 4) is 11.4 Å². The minimum atomic E-state index is -3.45. The van der Waals surface area contributed by atoms with Crippen molar-refractivity contribution in [2.24, 2.45) is 7.05 Å². The normalized spacial score (nSPS) is 12.3. The zero-order chi connectivity index (χ0) is 22.8. The van der Waals surface area contributed by atoms with Crippen molar-refractivity contribution in [1.29, 1.82) is 0 Å². The Balaban J connectivity index is 1.80. The van der Waals surface area contributed by atoms with E-state index >= 15 is 0 Å². The summed E-state index contributed by atoms with van der Waals surface area (Å²) in [6, 6.07) is 3.11. The lowest BCUT2D eigenvalue weighted by atomic mass is 10.2. The number of hydrogen-bond acceptors (Lipinski definition) is 9. The Hall–Kier alpha value is -3.32. The molecular weight excluding hydrogens is 448 g/mol. The van der Waals surface area contributed by atoms with Gasteiger partial charge in [0, 0.05) is 19.4 Å². The van der Waals surface area contributed by atoms with E-state index in [4.69, 9.17) is 16.3 Å². The van der Waals surface area contributed by atoms with E-state index in [2.05, 4.69) is 35.3 Å². The van der Waals surface area contributed by atoms with E-state index < -0.39 is 22.2 Å². The highest BCUT2D eigenvalue weighted by Gasteiger charge is 2.21. The number of carbonyl (C=O) groups excluding carboxylic acids is 1. The van der Waals surface area contributed by atoms with Crippen LogP contribution in [0.2, 0.25) is 5.15 Å². The monoisotopic (exact) mass is 466 g/mol. The third-order valence-electron chi connectivity index (χ3n) is 4.02. The van der Waals surface area contributed by atoms with Gasteiger partial charge in [0.25, 0.3) is 0 Å². The Morgan fingerprint density at radius 3 is 2.61 bits per heavy atom. The molecule has 0 radical (unpaired) electrons. The summed E-state index contributed by atoms with van der Waals surface area (Å²) in [5.41, 5.74) is 1.73. The minimum absolute atomic E-state index is 0.133. The number of nitrogens with one attached hydrogen (secondary N) is 2. The topological polar surface area (TPSA) is 154 Å². The first kappa shape index (κ1) is 22.4. The predicted molar refractivity (Wildman–Crippen MR) is 113 cm³/mol. The summed E-state index contributed by atoms with van der Waals surface area (Å²) in [4.78, 5) is 24.8. The third-order valence-corrected chi connectivity index (χ3v) is 4.90. The summed E-state index contributed by atoms with van der Waals surface area (Å²) in [7, 11) is -1.86. The van der Waals surface area contributed by atoms with Crippen LogP contribution in [0.5, 0.6) is 0 Å². The van der Waals surface area contributed by atoms with Gasteiger partial charge in [-0.2, -0.15) is 0 Å². The van der Waals surface area contributed by atoms with Crippen molar-refractivity contribution in [3.05, 3.63) is 41.1 Å². The number of rotatable bonds is 6. The molecule has 14 heteroatoms. The molecule has 12 nitrogen and oxygen atoms in total. The second-order valence-corrected chi connectivity index (χ2v) is 8.63. The van der Waals surface area contributed by atoms with Gasteiger partial charge in [-0.15, -0.1) is 5.10 Å². The molecule has 1 amide bonds. The number of aromatic nitrogens is 6. The van der Waals surface area contributed by atoms with E-state index in [0.717, 1.165) is 6.26 Å². The van der Waals surface area contributed by atoms with Gasteiger partial charge in [-0.1, -0.05) is 16.8 Å². The maximum atomic E-state index is 12.4. The number of carbonyl (C=O) groups is 1. The van der Waals surface area contributed by atoms with Gasteiger partial charge in [0.15, 0.2) is 16.7 Å². The summed E-state index contributed by atoms with van der Waals surface area (Å²) in [5.74, 6) is 0.234. The molecule has 0 aliphatic carbocycles. The van der Waals surface area contributed by atoms with Crippen LogP contribution in [0.1, 0.15) is 24.4 Å². The zero-order valence-electron chi connectivity index (χ0n) is 17.0. The van der Waals surface area contributed by atoms with Crippen molar-refractivity contribution in [2.75, 3.05) is 16.3 Å². The van der Waals surface area contributed by atoms with Crippen LogP contribution in [-0.4, -0.2) is 50.7 Å². The molecule has 0 fully saturated rings. The summed E-state index contributed by atoms with van der Waals surface area (Å²) in [6.45, 7) is 3.25. The molecule has 3 rings (SSSR count). The van der Waals surface area contributed by atoms with Gasteiger partial charge in [-0.3, -0.25) is 15.0 Å². The molecule has 1 atom stereocenters. The fourth-order valence-corrected chi connectivity index (χ4v) is 3.49. The smallest absolute Gasteiger partial charge is 0.413 e. The molecule has 3 aromatic heterocycles. The molecule has 0 saturated heterocycles. The molecule has 164 valence electrons. The average Bonchev–Trinajstić information content (AvgIpc) is 3.03. The molecule has 0 saturated carbocycles. The fraction of sp³-hybridized carbons (Fsp3) is 0.294. The van der Waals surface area contributed by atoms with Gasteiger partial charge < -0.3 is 4.74 Å². The molecule has 0 bridgehead atoms. The molecule has 3 aromatic rings. The number of pyridine rings is 1. The van der Waals surface area contributed by atoms with Crippen molar-refractivity contribution in [1.82, 2.24) is 29.9 Å². The molecular formula is C17H19ClN8O4S. The molecule has 1 unspecified atom stereocenters. The van der Waals surface area contributed by atoms with Gasteiger partial charge in [-0.25, -0.2) is 27.9 Å². The highest BCUT2D eigenvalue weighted by molar-refractivity contribution is 7.92. The first-order valence-electron chi connectivity index (χ1n) is 8.84. The van der Waals surface area contributed by atoms with Gasteiger partial charge in [0.1, 0.15) is 11.8 Å². The van der Waals surface area contributed by atoms with Crippen LogP contribution in [0.4, 0.5) is 16.3 Å². The second kappa shape index (κ2) is 8.81. The number of nitrogens with zero attached hydrogens (tertiary/aromatic N) is 6. The van der Waals surface area contributed by atoms with Gasteiger partial charge in [0.05, 0.1) is 23.3 Å². The third kappa shape index (κ3) is 5.44. The quantitative estimate of drug-likeness (QED) is 0.556. The largest absolute Gasteiger partial charge is 0.440 e. The van der Waals surface area contributed by atoms with Crippen LogP contribution in [0.15, 0.2) is 24.5 Å². The van der Waals surface area contributed by atoms with Crippen molar-refractivity contribution >= 4 is 39.2 Å².